The summed E-state index contributed by atoms with van der Waals surface area (Å²) in [6.07, 6.45) is 0.546. The Morgan fingerprint density at radius 1 is 1.23 bits per heavy atom. The molecule has 180 valence electrons. The Morgan fingerprint density at radius 3 is 2.57 bits per heavy atom. The molecule has 1 atom stereocenters. The fourth-order valence-corrected chi connectivity index (χ4v) is 3.68. The second-order valence-corrected chi connectivity index (χ2v) is 7.45. The van der Waals surface area contributed by atoms with Gasteiger partial charge in [0.2, 0.25) is 5.82 Å². The number of alkyl halides is 3. The molecular formula is C22H19F4N9. The van der Waals surface area contributed by atoms with Crippen LogP contribution in [0.2, 0.25) is 0 Å². The van der Waals surface area contributed by atoms with Crippen molar-refractivity contribution in [3.63, 3.8) is 0 Å². The van der Waals surface area contributed by atoms with E-state index in [0.29, 0.717) is 23.2 Å². The second-order valence-electron chi connectivity index (χ2n) is 7.45. The van der Waals surface area contributed by atoms with E-state index in [1.807, 2.05) is 6.92 Å². The molecule has 4 aromatic rings. The van der Waals surface area contributed by atoms with E-state index in [0.717, 1.165) is 12.4 Å². The Labute approximate surface area is 196 Å². The maximum atomic E-state index is 14.0. The Bertz CT molecular complexity index is 1390. The van der Waals surface area contributed by atoms with Crippen LogP contribution in [0.15, 0.2) is 66.1 Å². The number of nitrogens with one attached hydrogen (secondary N) is 2. The van der Waals surface area contributed by atoms with Crippen molar-refractivity contribution in [1.82, 2.24) is 24.6 Å². The van der Waals surface area contributed by atoms with E-state index in [1.54, 1.807) is 18.2 Å². The summed E-state index contributed by atoms with van der Waals surface area (Å²) in [5.41, 5.74) is 15.8. The number of hydrogen-bond acceptors (Lipinski definition) is 8. The number of rotatable bonds is 7. The number of nitrogen functional groups attached to an aromatic ring is 1. The highest BCUT2D eigenvalue weighted by Gasteiger charge is 2.34. The maximum absolute atomic E-state index is 14.0. The van der Waals surface area contributed by atoms with Gasteiger partial charge in [-0.05, 0) is 24.6 Å². The molecule has 0 bridgehead atoms. The average molecular weight is 485 g/mol. The van der Waals surface area contributed by atoms with Crippen LogP contribution in [-0.4, -0.2) is 24.6 Å². The lowest BCUT2D eigenvalue weighted by Gasteiger charge is -2.15. The van der Waals surface area contributed by atoms with Gasteiger partial charge in [0.25, 0.3) is 0 Å². The van der Waals surface area contributed by atoms with E-state index in [-0.39, 0.29) is 22.8 Å². The third kappa shape index (κ3) is 4.65. The Morgan fingerprint density at radius 2 is 1.94 bits per heavy atom. The summed E-state index contributed by atoms with van der Waals surface area (Å²) in [6.45, 7) is 1.86. The van der Waals surface area contributed by atoms with Gasteiger partial charge in [0.15, 0.2) is 5.82 Å². The summed E-state index contributed by atoms with van der Waals surface area (Å²) in [4.78, 5) is 10.8. The molecule has 0 fully saturated rings. The zero-order valence-corrected chi connectivity index (χ0v) is 18.3. The highest BCUT2D eigenvalue weighted by molar-refractivity contribution is 5.88. The molecule has 0 radical (unpaired) electrons. The topological polar surface area (TPSA) is 130 Å². The minimum Gasteiger partial charge on any atom is -0.382 e. The third-order valence-corrected chi connectivity index (χ3v) is 5.33. The molecule has 0 spiro atoms. The van der Waals surface area contributed by atoms with Crippen molar-refractivity contribution in [1.29, 1.82) is 5.53 Å². The van der Waals surface area contributed by atoms with E-state index < -0.39 is 23.7 Å². The van der Waals surface area contributed by atoms with Crippen molar-refractivity contribution < 1.29 is 17.6 Å². The Balaban J connectivity index is 1.81. The molecule has 0 saturated carbocycles. The molecule has 0 aliphatic carbocycles. The number of anilines is 2. The van der Waals surface area contributed by atoms with Gasteiger partial charge >= 0.3 is 6.18 Å². The van der Waals surface area contributed by atoms with Crippen LogP contribution >= 0.6 is 0 Å². The van der Waals surface area contributed by atoms with Crippen molar-refractivity contribution in [2.75, 3.05) is 11.1 Å². The zero-order chi connectivity index (χ0) is 25.2. The molecule has 0 amide bonds. The number of hydrogen-bond donors (Lipinski definition) is 3. The minimum atomic E-state index is -4.68. The van der Waals surface area contributed by atoms with E-state index >= 15 is 0 Å². The van der Waals surface area contributed by atoms with Gasteiger partial charge in [-0.25, -0.2) is 29.4 Å². The molecule has 4 N–H and O–H groups in total. The number of benzene rings is 1. The SMILES string of the molecule is CCC(/C(=C/Nc1ccccc1F)N=N)c1cc(-c2cnc(C(F)(F)F)nc2)c2c(N)ncnn12. The van der Waals surface area contributed by atoms with Crippen LogP contribution in [0.3, 0.4) is 0 Å². The number of nitrogens with zero attached hydrogens (tertiary/aromatic N) is 6. The standard InChI is InChI=1S/C22H19F4N9/c1-2-13(17(34-28)10-29-16-6-4-3-5-15(16)23)18-7-14(19-20(27)32-11-33-35(18)19)12-8-30-21(31-9-12)22(24,25)26/h3-11,13,28-29H,2H2,1H3,(H2,27,32,33)/b17-10-,34-28?. The van der Waals surface area contributed by atoms with Crippen molar-refractivity contribution in [3.05, 3.63) is 78.3 Å². The van der Waals surface area contributed by atoms with E-state index in [9.17, 15) is 17.6 Å². The van der Waals surface area contributed by atoms with E-state index in [4.69, 9.17) is 11.3 Å². The van der Waals surface area contributed by atoms with Crippen LogP contribution < -0.4 is 11.1 Å². The number of aromatic nitrogens is 5. The highest BCUT2D eigenvalue weighted by Crippen LogP contribution is 2.37. The van der Waals surface area contributed by atoms with Gasteiger partial charge in [-0.1, -0.05) is 19.1 Å². The Kier molecular flexibility index (Phi) is 6.40. The monoisotopic (exact) mass is 485 g/mol. The molecule has 0 aliphatic heterocycles. The van der Waals surface area contributed by atoms with Crippen LogP contribution in [0.25, 0.3) is 16.6 Å². The van der Waals surface area contributed by atoms with Gasteiger partial charge < -0.3 is 11.1 Å². The first kappa shape index (κ1) is 23.7. The van der Waals surface area contributed by atoms with Gasteiger partial charge in [-0.2, -0.15) is 23.4 Å². The second kappa shape index (κ2) is 9.44. The molecule has 13 heteroatoms. The third-order valence-electron chi connectivity index (χ3n) is 5.33. The number of halogens is 4. The summed E-state index contributed by atoms with van der Waals surface area (Å²) in [7, 11) is 0. The number of fused-ring (bicyclic) bond motifs is 1. The van der Waals surface area contributed by atoms with Gasteiger partial charge in [0.05, 0.1) is 17.1 Å². The van der Waals surface area contributed by atoms with Gasteiger partial charge in [-0.3, -0.25) is 0 Å². The lowest BCUT2D eigenvalue weighted by molar-refractivity contribution is -0.144. The summed E-state index contributed by atoms with van der Waals surface area (Å²) in [5, 5.41) is 10.7. The zero-order valence-electron chi connectivity index (χ0n) is 18.3. The fourth-order valence-electron chi connectivity index (χ4n) is 3.68. The molecule has 9 nitrogen and oxygen atoms in total. The summed E-state index contributed by atoms with van der Waals surface area (Å²) < 4.78 is 54.2. The first-order valence-corrected chi connectivity index (χ1v) is 10.3. The molecule has 0 aliphatic rings. The predicted octanol–water partition coefficient (Wildman–Crippen LogP) is 5.40. The molecule has 1 unspecified atom stereocenters. The molecule has 0 saturated heterocycles. The molecule has 3 heterocycles. The largest absolute Gasteiger partial charge is 0.451 e. The lowest BCUT2D eigenvalue weighted by Crippen LogP contribution is -2.10. The van der Waals surface area contributed by atoms with Crippen LogP contribution in [0.4, 0.5) is 29.1 Å². The Hall–Kier alpha value is -4.42. The number of allylic oxidation sites excluding steroid dienone is 1. The predicted molar refractivity (Wildman–Crippen MR) is 120 cm³/mol. The molecular weight excluding hydrogens is 466 g/mol. The van der Waals surface area contributed by atoms with Gasteiger partial charge in [0, 0.05) is 35.6 Å². The highest BCUT2D eigenvalue weighted by atomic mass is 19.4. The molecule has 35 heavy (non-hydrogen) atoms. The van der Waals surface area contributed by atoms with Crippen molar-refractivity contribution in [3.8, 4) is 11.1 Å². The van der Waals surface area contributed by atoms with Gasteiger partial charge in [0.1, 0.15) is 17.7 Å². The number of nitrogens with two attached hydrogens (primary N) is 1. The van der Waals surface area contributed by atoms with E-state index in [2.05, 4.69) is 30.5 Å². The minimum absolute atomic E-state index is 0.0915. The first-order valence-electron chi connectivity index (χ1n) is 10.3. The lowest BCUT2D eigenvalue weighted by atomic mass is 9.98. The maximum Gasteiger partial charge on any atom is 0.451 e. The number of para-hydroxylation sites is 1. The summed E-state index contributed by atoms with van der Waals surface area (Å²) in [5.74, 6) is -2.15. The van der Waals surface area contributed by atoms with Crippen molar-refractivity contribution in [2.45, 2.75) is 25.4 Å². The molecule has 4 rings (SSSR count). The van der Waals surface area contributed by atoms with E-state index in [1.165, 1.54) is 29.2 Å². The van der Waals surface area contributed by atoms with Crippen LogP contribution in [-0.2, 0) is 6.18 Å². The molecule has 3 aromatic heterocycles. The normalized spacial score (nSPS) is 13.1. The van der Waals surface area contributed by atoms with Gasteiger partial charge in [-0.15, -0.1) is 0 Å². The summed E-state index contributed by atoms with van der Waals surface area (Å²) >= 11 is 0. The van der Waals surface area contributed by atoms with Crippen molar-refractivity contribution in [2.24, 2.45) is 5.11 Å². The van der Waals surface area contributed by atoms with Crippen LogP contribution in [0, 0.1) is 11.3 Å². The smallest absolute Gasteiger partial charge is 0.382 e. The fraction of sp³-hybridized carbons (Fsp3) is 0.182. The first-order chi connectivity index (χ1) is 16.7. The summed E-state index contributed by atoms with van der Waals surface area (Å²) in [6, 6.07) is 7.72. The molecule has 1 aromatic carbocycles. The van der Waals surface area contributed by atoms with Crippen molar-refractivity contribution >= 4 is 17.0 Å². The van der Waals surface area contributed by atoms with Crippen LogP contribution in [0.5, 0.6) is 0 Å². The average Bonchev–Trinajstić information content (AvgIpc) is 3.23. The van der Waals surface area contributed by atoms with Crippen LogP contribution in [0.1, 0.15) is 30.8 Å². The quantitative estimate of drug-likeness (QED) is 0.237.